The van der Waals surface area contributed by atoms with Crippen molar-refractivity contribution in [3.8, 4) is 5.75 Å². The Kier molecular flexibility index (Phi) is 9.60. The van der Waals surface area contributed by atoms with E-state index in [2.05, 4.69) is 6.92 Å². The van der Waals surface area contributed by atoms with E-state index in [0.717, 1.165) is 24.3 Å². The van der Waals surface area contributed by atoms with Gasteiger partial charge >= 0.3 is 0 Å². The molecule has 21 heavy (non-hydrogen) atoms. The van der Waals surface area contributed by atoms with E-state index in [1.165, 1.54) is 44.9 Å². The number of carbonyl (C=O) groups is 1. The Morgan fingerprint density at radius 1 is 0.905 bits per heavy atom. The van der Waals surface area contributed by atoms with Crippen LogP contribution in [0.25, 0.3) is 0 Å². The van der Waals surface area contributed by atoms with Gasteiger partial charge in [-0.3, -0.25) is 4.79 Å². The monoisotopic (exact) mass is 290 g/mol. The van der Waals surface area contributed by atoms with E-state index < -0.39 is 0 Å². The first-order valence-corrected chi connectivity index (χ1v) is 8.43. The summed E-state index contributed by atoms with van der Waals surface area (Å²) in [5.41, 5.74) is 1.06. The van der Waals surface area contributed by atoms with Gasteiger partial charge in [-0.25, -0.2) is 0 Å². The third kappa shape index (κ3) is 9.28. The van der Waals surface area contributed by atoms with Crippen LogP contribution in [0.15, 0.2) is 24.3 Å². The van der Waals surface area contributed by atoms with Crippen molar-refractivity contribution in [2.75, 3.05) is 6.61 Å². The standard InChI is InChI=1S/C19H30O2/c1-3-4-5-6-7-8-9-10-15-21-19-13-11-18(12-14-19)16-17(2)20/h11-14H,3-10,15-16H2,1-2H3. The van der Waals surface area contributed by atoms with Crippen LogP contribution in [0.4, 0.5) is 0 Å². The molecule has 0 radical (unpaired) electrons. The van der Waals surface area contributed by atoms with E-state index in [-0.39, 0.29) is 5.78 Å². The molecule has 2 nitrogen and oxygen atoms in total. The number of unbranched alkanes of at least 4 members (excludes halogenated alkanes) is 7. The van der Waals surface area contributed by atoms with Gasteiger partial charge in [0, 0.05) is 6.42 Å². The number of rotatable bonds is 12. The van der Waals surface area contributed by atoms with Gasteiger partial charge in [0.1, 0.15) is 11.5 Å². The predicted octanol–water partition coefficient (Wildman–Crippen LogP) is 5.34. The molecule has 0 aliphatic carbocycles. The number of carbonyl (C=O) groups excluding carboxylic acids is 1. The second-order valence-electron chi connectivity index (χ2n) is 5.85. The molecule has 0 heterocycles. The highest BCUT2D eigenvalue weighted by Crippen LogP contribution is 2.14. The van der Waals surface area contributed by atoms with Crippen LogP contribution in [0.5, 0.6) is 5.75 Å². The van der Waals surface area contributed by atoms with E-state index in [4.69, 9.17) is 4.74 Å². The van der Waals surface area contributed by atoms with Crippen molar-refractivity contribution in [2.24, 2.45) is 0 Å². The molecule has 0 aliphatic rings. The van der Waals surface area contributed by atoms with Crippen molar-refractivity contribution in [2.45, 2.75) is 71.6 Å². The van der Waals surface area contributed by atoms with Crippen molar-refractivity contribution in [3.05, 3.63) is 29.8 Å². The Labute approximate surface area is 129 Å². The van der Waals surface area contributed by atoms with Crippen molar-refractivity contribution >= 4 is 5.78 Å². The number of ketones is 1. The van der Waals surface area contributed by atoms with Crippen molar-refractivity contribution < 1.29 is 9.53 Å². The summed E-state index contributed by atoms with van der Waals surface area (Å²) in [6.45, 7) is 4.66. The molecule has 118 valence electrons. The first kappa shape index (κ1) is 17.7. The molecule has 0 amide bonds. The van der Waals surface area contributed by atoms with Crippen LogP contribution in [-0.4, -0.2) is 12.4 Å². The number of ether oxygens (including phenoxy) is 1. The lowest BCUT2D eigenvalue weighted by molar-refractivity contribution is -0.116. The fourth-order valence-corrected chi connectivity index (χ4v) is 2.42. The summed E-state index contributed by atoms with van der Waals surface area (Å²) in [5.74, 6) is 1.10. The minimum Gasteiger partial charge on any atom is -0.494 e. The molecule has 0 unspecified atom stereocenters. The molecule has 1 rings (SSSR count). The average Bonchev–Trinajstić information content (AvgIpc) is 2.47. The first-order chi connectivity index (χ1) is 10.2. The van der Waals surface area contributed by atoms with Crippen LogP contribution in [0, 0.1) is 0 Å². The maximum Gasteiger partial charge on any atom is 0.134 e. The lowest BCUT2D eigenvalue weighted by atomic mass is 10.1. The smallest absolute Gasteiger partial charge is 0.134 e. The number of Topliss-reactive ketones (excluding diaryl/α,β-unsaturated/α-hetero) is 1. The molecule has 1 aromatic carbocycles. The molecule has 0 spiro atoms. The summed E-state index contributed by atoms with van der Waals surface area (Å²) in [5, 5.41) is 0. The summed E-state index contributed by atoms with van der Waals surface area (Å²) in [6.07, 6.45) is 11.0. The Balaban J connectivity index is 2.03. The van der Waals surface area contributed by atoms with E-state index in [9.17, 15) is 4.79 Å². The highest BCUT2D eigenvalue weighted by Gasteiger charge is 1.99. The van der Waals surface area contributed by atoms with E-state index in [0.29, 0.717) is 6.42 Å². The fraction of sp³-hybridized carbons (Fsp3) is 0.632. The fourth-order valence-electron chi connectivity index (χ4n) is 2.42. The van der Waals surface area contributed by atoms with Crippen LogP contribution < -0.4 is 4.74 Å². The highest BCUT2D eigenvalue weighted by atomic mass is 16.5. The molecule has 0 atom stereocenters. The summed E-state index contributed by atoms with van der Waals surface area (Å²) in [4.78, 5) is 11.0. The number of hydrogen-bond donors (Lipinski definition) is 0. The predicted molar refractivity (Wildman–Crippen MR) is 88.9 cm³/mol. The molecular formula is C19H30O2. The van der Waals surface area contributed by atoms with Crippen LogP contribution in [0.1, 0.15) is 70.8 Å². The van der Waals surface area contributed by atoms with Gasteiger partial charge in [-0.05, 0) is 31.0 Å². The van der Waals surface area contributed by atoms with E-state index >= 15 is 0 Å². The number of hydrogen-bond acceptors (Lipinski definition) is 2. The normalized spacial score (nSPS) is 10.6. The van der Waals surface area contributed by atoms with Gasteiger partial charge in [-0.1, -0.05) is 64.0 Å². The molecule has 0 saturated carbocycles. The van der Waals surface area contributed by atoms with Gasteiger partial charge < -0.3 is 4.74 Å². The SMILES string of the molecule is CCCCCCCCCCOc1ccc(CC(C)=O)cc1. The summed E-state index contributed by atoms with van der Waals surface area (Å²) >= 11 is 0. The molecule has 0 aromatic heterocycles. The van der Waals surface area contributed by atoms with Gasteiger partial charge in [0.15, 0.2) is 0 Å². The topological polar surface area (TPSA) is 26.3 Å². The van der Waals surface area contributed by atoms with Gasteiger partial charge in [0.05, 0.1) is 6.61 Å². The van der Waals surface area contributed by atoms with Crippen molar-refractivity contribution in [1.82, 2.24) is 0 Å². The molecule has 0 aliphatic heterocycles. The first-order valence-electron chi connectivity index (χ1n) is 8.43. The maximum absolute atomic E-state index is 11.0. The quantitative estimate of drug-likeness (QED) is 0.486. The Hall–Kier alpha value is -1.31. The molecule has 0 bridgehead atoms. The zero-order chi connectivity index (χ0) is 15.3. The Morgan fingerprint density at radius 3 is 2.05 bits per heavy atom. The van der Waals surface area contributed by atoms with Crippen molar-refractivity contribution in [3.63, 3.8) is 0 Å². The van der Waals surface area contributed by atoms with Gasteiger partial charge in [0.25, 0.3) is 0 Å². The van der Waals surface area contributed by atoms with Crippen LogP contribution in [-0.2, 0) is 11.2 Å². The summed E-state index contributed by atoms with van der Waals surface area (Å²) in [7, 11) is 0. The average molecular weight is 290 g/mol. The van der Waals surface area contributed by atoms with Crippen LogP contribution in [0.3, 0.4) is 0 Å². The zero-order valence-electron chi connectivity index (χ0n) is 13.7. The molecule has 1 aromatic rings. The highest BCUT2D eigenvalue weighted by molar-refractivity contribution is 5.78. The minimum atomic E-state index is 0.197. The zero-order valence-corrected chi connectivity index (χ0v) is 13.7. The summed E-state index contributed by atoms with van der Waals surface area (Å²) < 4.78 is 5.73. The molecule has 0 saturated heterocycles. The van der Waals surface area contributed by atoms with Gasteiger partial charge in [-0.2, -0.15) is 0 Å². The minimum absolute atomic E-state index is 0.197. The molecular weight excluding hydrogens is 260 g/mol. The second-order valence-corrected chi connectivity index (χ2v) is 5.85. The van der Waals surface area contributed by atoms with E-state index in [1.807, 2.05) is 24.3 Å². The largest absolute Gasteiger partial charge is 0.494 e. The lowest BCUT2D eigenvalue weighted by Crippen LogP contribution is -1.99. The second kappa shape index (κ2) is 11.4. The van der Waals surface area contributed by atoms with E-state index in [1.54, 1.807) is 6.92 Å². The van der Waals surface area contributed by atoms with Gasteiger partial charge in [-0.15, -0.1) is 0 Å². The summed E-state index contributed by atoms with van der Waals surface area (Å²) in [6, 6.07) is 7.88. The van der Waals surface area contributed by atoms with Gasteiger partial charge in [0.2, 0.25) is 0 Å². The lowest BCUT2D eigenvalue weighted by Gasteiger charge is -2.07. The maximum atomic E-state index is 11.0. The van der Waals surface area contributed by atoms with Crippen molar-refractivity contribution in [1.29, 1.82) is 0 Å². The number of benzene rings is 1. The van der Waals surface area contributed by atoms with Crippen LogP contribution >= 0.6 is 0 Å². The molecule has 0 N–H and O–H groups in total. The van der Waals surface area contributed by atoms with Crippen LogP contribution in [0.2, 0.25) is 0 Å². The molecule has 0 fully saturated rings. The molecule has 2 heteroatoms. The third-order valence-corrected chi connectivity index (χ3v) is 3.64. The third-order valence-electron chi connectivity index (χ3n) is 3.64. The Morgan fingerprint density at radius 2 is 1.48 bits per heavy atom. The Bertz CT molecular complexity index is 381.